The molecule has 2 aliphatic rings. The Morgan fingerprint density at radius 1 is 1.08 bits per heavy atom. The van der Waals surface area contributed by atoms with E-state index in [4.69, 9.17) is 14.0 Å². The van der Waals surface area contributed by atoms with E-state index in [1.54, 1.807) is 6.07 Å². The fourth-order valence-electron chi connectivity index (χ4n) is 2.48. The molecule has 1 aromatic carbocycles. The molecule has 0 N–H and O–H groups in total. The van der Waals surface area contributed by atoms with Gasteiger partial charge in [-0.05, 0) is 70.1 Å². The summed E-state index contributed by atoms with van der Waals surface area (Å²) in [7, 11) is -0.847. The molecule has 1 aliphatic heterocycles. The number of halogens is 3. The van der Waals surface area contributed by atoms with Gasteiger partial charge in [-0.15, -0.1) is 0 Å². The van der Waals surface area contributed by atoms with Crippen LogP contribution >= 0.6 is 0 Å². The molecule has 1 saturated carbocycles. The topological polar surface area (TPSA) is 27.7 Å². The van der Waals surface area contributed by atoms with Crippen molar-refractivity contribution in [1.82, 2.24) is 0 Å². The van der Waals surface area contributed by atoms with E-state index in [1.807, 2.05) is 27.7 Å². The molecule has 1 aliphatic carbocycles. The van der Waals surface area contributed by atoms with Gasteiger partial charge in [-0.1, -0.05) is 0 Å². The van der Waals surface area contributed by atoms with Gasteiger partial charge in [0.05, 0.1) is 23.4 Å². The Morgan fingerprint density at radius 3 is 2.17 bits per heavy atom. The highest BCUT2D eigenvalue weighted by Crippen LogP contribution is 2.38. The molecule has 0 unspecified atom stereocenters. The second kappa shape index (κ2) is 5.66. The Morgan fingerprint density at radius 2 is 1.67 bits per heavy atom. The summed E-state index contributed by atoms with van der Waals surface area (Å²) >= 11 is 0. The Hall–Kier alpha value is -1.21. The minimum absolute atomic E-state index is 0.210. The van der Waals surface area contributed by atoms with E-state index in [-0.39, 0.29) is 5.75 Å². The number of rotatable bonds is 4. The van der Waals surface area contributed by atoms with Crippen LogP contribution in [0.2, 0.25) is 0 Å². The molecule has 7 heteroatoms. The molecule has 132 valence electrons. The van der Waals surface area contributed by atoms with Crippen LogP contribution in [0.5, 0.6) is 5.75 Å². The number of hydrogen-bond acceptors (Lipinski definition) is 3. The van der Waals surface area contributed by atoms with Gasteiger partial charge in [-0.25, -0.2) is 0 Å². The molecule has 0 aromatic heterocycles. The third kappa shape index (κ3) is 3.57. The van der Waals surface area contributed by atoms with Gasteiger partial charge in [0.1, 0.15) is 5.75 Å². The highest BCUT2D eigenvalue weighted by atomic mass is 19.4. The summed E-state index contributed by atoms with van der Waals surface area (Å²) in [5.41, 5.74) is -1.64. The van der Waals surface area contributed by atoms with Crippen LogP contribution in [0.3, 0.4) is 0 Å². The molecular weight excluding hydrogens is 320 g/mol. The van der Waals surface area contributed by atoms with Gasteiger partial charge < -0.3 is 14.0 Å². The van der Waals surface area contributed by atoms with Crippen LogP contribution in [0, 0.1) is 5.92 Å². The first kappa shape index (κ1) is 17.6. The second-order valence-corrected chi connectivity index (χ2v) is 7.63. The molecule has 0 bridgehead atoms. The molecule has 24 heavy (non-hydrogen) atoms. The largest absolute Gasteiger partial charge is 0.494 e. The summed E-state index contributed by atoms with van der Waals surface area (Å²) < 4.78 is 56.9. The molecular formula is C17H22BF3O3. The van der Waals surface area contributed by atoms with Gasteiger partial charge in [0, 0.05) is 0 Å². The third-order valence-electron chi connectivity index (χ3n) is 4.96. The number of hydrogen-bond donors (Lipinski definition) is 0. The SMILES string of the molecule is CC1(C)OB(c2cc(OCC3CC3)cc(C(F)(F)F)c2)OC1(C)C. The van der Waals surface area contributed by atoms with Crippen LogP contribution in [-0.4, -0.2) is 24.9 Å². The molecule has 0 spiro atoms. The minimum Gasteiger partial charge on any atom is -0.493 e. The number of ether oxygens (including phenoxy) is 1. The van der Waals surface area contributed by atoms with E-state index in [0.717, 1.165) is 25.0 Å². The van der Waals surface area contributed by atoms with Gasteiger partial charge in [0.2, 0.25) is 0 Å². The molecule has 3 rings (SSSR count). The van der Waals surface area contributed by atoms with Crippen molar-refractivity contribution < 1.29 is 27.2 Å². The molecule has 2 fully saturated rings. The first-order valence-electron chi connectivity index (χ1n) is 8.18. The zero-order valence-electron chi connectivity index (χ0n) is 14.4. The van der Waals surface area contributed by atoms with Crippen molar-refractivity contribution in [2.45, 2.75) is 57.9 Å². The van der Waals surface area contributed by atoms with Crippen LogP contribution in [0.1, 0.15) is 46.1 Å². The predicted molar refractivity (Wildman–Crippen MR) is 85.4 cm³/mol. The number of benzene rings is 1. The fraction of sp³-hybridized carbons (Fsp3) is 0.647. The summed E-state index contributed by atoms with van der Waals surface area (Å²) in [5.74, 6) is 0.668. The predicted octanol–water partition coefficient (Wildman–Crippen LogP) is 3.79. The standard InChI is InChI=1S/C17H22BF3O3/c1-15(2)16(3,4)24-18(23-15)13-7-12(17(19,20)21)8-14(9-13)22-10-11-5-6-11/h7-9,11H,5-6,10H2,1-4H3. The highest BCUT2D eigenvalue weighted by molar-refractivity contribution is 6.62. The molecule has 0 radical (unpaired) electrons. The Balaban J connectivity index is 1.90. The first-order valence-corrected chi connectivity index (χ1v) is 8.18. The summed E-state index contributed by atoms with van der Waals surface area (Å²) in [6.45, 7) is 7.91. The summed E-state index contributed by atoms with van der Waals surface area (Å²) in [6, 6.07) is 3.70. The van der Waals surface area contributed by atoms with E-state index in [1.165, 1.54) is 0 Å². The van der Waals surface area contributed by atoms with E-state index < -0.39 is 30.1 Å². The minimum atomic E-state index is -4.45. The van der Waals surface area contributed by atoms with E-state index in [2.05, 4.69) is 0 Å². The normalized spacial score (nSPS) is 22.7. The van der Waals surface area contributed by atoms with Crippen molar-refractivity contribution >= 4 is 12.6 Å². The smallest absolute Gasteiger partial charge is 0.493 e. The highest BCUT2D eigenvalue weighted by Gasteiger charge is 2.52. The average molecular weight is 342 g/mol. The van der Waals surface area contributed by atoms with Crippen molar-refractivity contribution in [3.05, 3.63) is 23.8 Å². The average Bonchev–Trinajstić information content (AvgIpc) is 3.23. The number of alkyl halides is 3. The molecule has 0 amide bonds. The Bertz CT molecular complexity index is 608. The Kier molecular flexibility index (Phi) is 4.16. The van der Waals surface area contributed by atoms with E-state index >= 15 is 0 Å². The fourth-order valence-corrected chi connectivity index (χ4v) is 2.48. The monoisotopic (exact) mass is 342 g/mol. The van der Waals surface area contributed by atoms with Gasteiger partial charge in [0.25, 0.3) is 0 Å². The maximum absolute atomic E-state index is 13.2. The maximum Gasteiger partial charge on any atom is 0.494 e. The summed E-state index contributed by atoms with van der Waals surface area (Å²) in [5, 5.41) is 0. The van der Waals surface area contributed by atoms with Crippen LogP contribution in [0.15, 0.2) is 18.2 Å². The molecule has 0 atom stereocenters. The lowest BCUT2D eigenvalue weighted by Crippen LogP contribution is -2.41. The summed E-state index contributed by atoms with van der Waals surface area (Å²) in [4.78, 5) is 0. The van der Waals surface area contributed by atoms with Crippen LogP contribution in [0.4, 0.5) is 13.2 Å². The van der Waals surface area contributed by atoms with Gasteiger partial charge in [-0.2, -0.15) is 13.2 Å². The molecule has 3 nitrogen and oxygen atoms in total. The zero-order valence-corrected chi connectivity index (χ0v) is 14.4. The quantitative estimate of drug-likeness (QED) is 0.779. The van der Waals surface area contributed by atoms with E-state index in [9.17, 15) is 13.2 Å². The van der Waals surface area contributed by atoms with Crippen molar-refractivity contribution in [2.75, 3.05) is 6.61 Å². The lowest BCUT2D eigenvalue weighted by Gasteiger charge is -2.32. The van der Waals surface area contributed by atoms with Crippen molar-refractivity contribution in [2.24, 2.45) is 5.92 Å². The van der Waals surface area contributed by atoms with Gasteiger partial charge >= 0.3 is 13.3 Å². The Labute approximate surface area is 140 Å². The van der Waals surface area contributed by atoms with Gasteiger partial charge in [0.15, 0.2) is 0 Å². The van der Waals surface area contributed by atoms with Gasteiger partial charge in [-0.3, -0.25) is 0 Å². The van der Waals surface area contributed by atoms with Crippen molar-refractivity contribution in [3.8, 4) is 5.75 Å². The van der Waals surface area contributed by atoms with Crippen LogP contribution in [0.25, 0.3) is 0 Å². The second-order valence-electron chi connectivity index (χ2n) is 7.63. The summed E-state index contributed by atoms with van der Waals surface area (Å²) in [6.07, 6.45) is -2.30. The zero-order chi connectivity index (χ0) is 17.8. The lowest BCUT2D eigenvalue weighted by molar-refractivity contribution is -0.137. The lowest BCUT2D eigenvalue weighted by atomic mass is 9.78. The third-order valence-corrected chi connectivity index (χ3v) is 4.96. The first-order chi connectivity index (χ1) is 11.0. The van der Waals surface area contributed by atoms with E-state index in [0.29, 0.717) is 18.0 Å². The molecule has 1 heterocycles. The maximum atomic E-state index is 13.2. The van der Waals surface area contributed by atoms with Crippen LogP contribution in [-0.2, 0) is 15.5 Å². The van der Waals surface area contributed by atoms with Crippen molar-refractivity contribution in [1.29, 1.82) is 0 Å². The van der Waals surface area contributed by atoms with Crippen LogP contribution < -0.4 is 10.2 Å². The molecule has 1 aromatic rings. The molecule has 1 saturated heterocycles. The van der Waals surface area contributed by atoms with Crippen molar-refractivity contribution in [3.63, 3.8) is 0 Å².